The minimum atomic E-state index is 0.449. The smallest absolute Gasteiger partial charge is 0.132 e. The predicted molar refractivity (Wildman–Crippen MR) is 46.4 cm³/mol. The summed E-state index contributed by atoms with van der Waals surface area (Å²) in [6, 6.07) is 0. The topological polar surface area (TPSA) is 17.1 Å². The number of Topliss-reactive ketones (excluding diaryl/α,β-unsaturated/α-hetero) is 1. The molecule has 0 bridgehead atoms. The van der Waals surface area contributed by atoms with Gasteiger partial charge in [-0.2, -0.15) is 0 Å². The van der Waals surface area contributed by atoms with E-state index in [1.807, 2.05) is 0 Å². The second kappa shape index (κ2) is 3.70. The Morgan fingerprint density at radius 3 is 2.45 bits per heavy atom. The van der Waals surface area contributed by atoms with E-state index in [2.05, 4.69) is 19.9 Å². The number of carbonyl (C=O) groups is 1. The van der Waals surface area contributed by atoms with Crippen molar-refractivity contribution < 1.29 is 4.79 Å². The Balaban J connectivity index is 2.45. The Labute approximate surface area is 68.5 Å². The average molecular weight is 152 g/mol. The molecule has 0 heterocycles. The van der Waals surface area contributed by atoms with Gasteiger partial charge in [0.05, 0.1) is 0 Å². The lowest BCUT2D eigenvalue weighted by Gasteiger charge is -2.21. The fraction of sp³-hybridized carbons (Fsp3) is 0.700. The van der Waals surface area contributed by atoms with E-state index < -0.39 is 0 Å². The molecule has 1 saturated carbocycles. The second-order valence-electron chi connectivity index (χ2n) is 3.35. The number of hydrogen-bond donors (Lipinski definition) is 0. The molecule has 0 aromatic heterocycles. The summed E-state index contributed by atoms with van der Waals surface area (Å²) >= 11 is 0. The highest BCUT2D eigenvalue weighted by Gasteiger charge is 2.18. The summed E-state index contributed by atoms with van der Waals surface area (Å²) < 4.78 is 0. The van der Waals surface area contributed by atoms with Crippen LogP contribution in [0.4, 0.5) is 0 Å². The molecule has 0 amide bonds. The lowest BCUT2D eigenvalue weighted by molar-refractivity contribution is -0.120. The van der Waals surface area contributed by atoms with Gasteiger partial charge in [-0.1, -0.05) is 11.6 Å². The SMILES string of the molecule is CC=C(C)C1CCC(=O)CC1. The second-order valence-corrected chi connectivity index (χ2v) is 3.35. The van der Waals surface area contributed by atoms with Crippen LogP contribution < -0.4 is 0 Å². The summed E-state index contributed by atoms with van der Waals surface area (Å²) in [6.07, 6.45) is 5.93. The number of carbonyl (C=O) groups excluding carboxylic acids is 1. The molecule has 62 valence electrons. The molecule has 1 nitrogen and oxygen atoms in total. The third kappa shape index (κ3) is 2.18. The number of rotatable bonds is 1. The van der Waals surface area contributed by atoms with Gasteiger partial charge in [0.2, 0.25) is 0 Å². The van der Waals surface area contributed by atoms with Crippen LogP contribution in [0, 0.1) is 5.92 Å². The van der Waals surface area contributed by atoms with Crippen LogP contribution in [0.25, 0.3) is 0 Å². The van der Waals surface area contributed by atoms with Gasteiger partial charge in [-0.25, -0.2) is 0 Å². The van der Waals surface area contributed by atoms with Crippen molar-refractivity contribution in [1.29, 1.82) is 0 Å². The van der Waals surface area contributed by atoms with Crippen LogP contribution in [0.3, 0.4) is 0 Å². The Morgan fingerprint density at radius 2 is 2.00 bits per heavy atom. The molecule has 1 fully saturated rings. The molecule has 1 aliphatic rings. The average Bonchev–Trinajstić information content (AvgIpc) is 2.05. The molecule has 1 heteroatoms. The summed E-state index contributed by atoms with van der Waals surface area (Å²) in [5.41, 5.74) is 1.46. The lowest BCUT2D eigenvalue weighted by Crippen LogP contribution is -2.14. The zero-order valence-corrected chi connectivity index (χ0v) is 7.39. The van der Waals surface area contributed by atoms with Crippen LogP contribution in [0.2, 0.25) is 0 Å². The van der Waals surface area contributed by atoms with Gasteiger partial charge >= 0.3 is 0 Å². The highest BCUT2D eigenvalue weighted by atomic mass is 16.1. The van der Waals surface area contributed by atoms with E-state index in [0.29, 0.717) is 11.7 Å². The first kappa shape index (κ1) is 8.51. The largest absolute Gasteiger partial charge is 0.300 e. The standard InChI is InChI=1S/C10H16O/c1-3-8(2)9-4-6-10(11)7-5-9/h3,9H,4-7H2,1-2H3. The Morgan fingerprint density at radius 1 is 1.45 bits per heavy atom. The molecule has 0 atom stereocenters. The summed E-state index contributed by atoms with van der Waals surface area (Å²) in [5, 5.41) is 0. The number of hydrogen-bond acceptors (Lipinski definition) is 1. The summed E-state index contributed by atoms with van der Waals surface area (Å²) in [4.78, 5) is 10.9. The Hall–Kier alpha value is -0.590. The molecule has 0 aromatic carbocycles. The van der Waals surface area contributed by atoms with Gasteiger partial charge in [-0.15, -0.1) is 0 Å². The maximum atomic E-state index is 10.9. The molecule has 0 spiro atoms. The van der Waals surface area contributed by atoms with Gasteiger partial charge in [-0.05, 0) is 32.6 Å². The van der Waals surface area contributed by atoms with Gasteiger partial charge in [-0.3, -0.25) is 4.79 Å². The molecular formula is C10H16O. The minimum Gasteiger partial charge on any atom is -0.300 e. The molecule has 0 unspecified atom stereocenters. The first-order valence-corrected chi connectivity index (χ1v) is 4.38. The third-order valence-corrected chi connectivity index (χ3v) is 2.64. The predicted octanol–water partition coefficient (Wildman–Crippen LogP) is 2.71. The van der Waals surface area contributed by atoms with Crippen molar-refractivity contribution in [2.75, 3.05) is 0 Å². The van der Waals surface area contributed by atoms with Gasteiger partial charge in [0.15, 0.2) is 0 Å². The molecule has 0 aromatic rings. The lowest BCUT2D eigenvalue weighted by atomic mass is 9.84. The Bertz CT molecular complexity index is 169. The maximum absolute atomic E-state index is 10.9. The van der Waals surface area contributed by atoms with Crippen LogP contribution in [0.15, 0.2) is 11.6 Å². The van der Waals surface area contributed by atoms with Crippen LogP contribution in [-0.4, -0.2) is 5.78 Å². The summed E-state index contributed by atoms with van der Waals surface area (Å²) in [5.74, 6) is 1.14. The van der Waals surface area contributed by atoms with Crippen LogP contribution in [-0.2, 0) is 4.79 Å². The minimum absolute atomic E-state index is 0.449. The van der Waals surface area contributed by atoms with E-state index in [4.69, 9.17) is 0 Å². The third-order valence-electron chi connectivity index (χ3n) is 2.64. The first-order chi connectivity index (χ1) is 5.24. The van der Waals surface area contributed by atoms with Gasteiger partial charge in [0.1, 0.15) is 5.78 Å². The summed E-state index contributed by atoms with van der Waals surface area (Å²) in [6.45, 7) is 4.24. The molecule has 0 radical (unpaired) electrons. The van der Waals surface area contributed by atoms with Gasteiger partial charge in [0, 0.05) is 12.8 Å². The molecule has 0 aliphatic heterocycles. The molecule has 1 aliphatic carbocycles. The van der Waals surface area contributed by atoms with E-state index in [1.165, 1.54) is 5.57 Å². The van der Waals surface area contributed by atoms with Crippen molar-refractivity contribution >= 4 is 5.78 Å². The van der Waals surface area contributed by atoms with E-state index in [9.17, 15) is 4.79 Å². The molecule has 1 rings (SSSR count). The highest BCUT2D eigenvalue weighted by Crippen LogP contribution is 2.27. The molecular weight excluding hydrogens is 136 g/mol. The maximum Gasteiger partial charge on any atom is 0.132 e. The van der Waals surface area contributed by atoms with Crippen molar-refractivity contribution in [2.45, 2.75) is 39.5 Å². The summed E-state index contributed by atoms with van der Waals surface area (Å²) in [7, 11) is 0. The number of allylic oxidation sites excluding steroid dienone is 2. The van der Waals surface area contributed by atoms with Crippen molar-refractivity contribution in [3.63, 3.8) is 0 Å². The van der Waals surface area contributed by atoms with E-state index in [0.717, 1.165) is 25.7 Å². The van der Waals surface area contributed by atoms with Crippen LogP contribution >= 0.6 is 0 Å². The van der Waals surface area contributed by atoms with Crippen molar-refractivity contribution in [3.05, 3.63) is 11.6 Å². The van der Waals surface area contributed by atoms with Crippen molar-refractivity contribution in [2.24, 2.45) is 5.92 Å². The Kier molecular flexibility index (Phi) is 2.86. The van der Waals surface area contributed by atoms with E-state index in [1.54, 1.807) is 0 Å². The first-order valence-electron chi connectivity index (χ1n) is 4.38. The molecule has 0 saturated heterocycles. The zero-order chi connectivity index (χ0) is 8.27. The van der Waals surface area contributed by atoms with Crippen molar-refractivity contribution in [3.8, 4) is 0 Å². The van der Waals surface area contributed by atoms with Crippen molar-refractivity contribution in [1.82, 2.24) is 0 Å². The molecule has 0 N–H and O–H groups in total. The van der Waals surface area contributed by atoms with Gasteiger partial charge in [0.25, 0.3) is 0 Å². The van der Waals surface area contributed by atoms with Gasteiger partial charge < -0.3 is 0 Å². The molecule has 11 heavy (non-hydrogen) atoms. The number of ketones is 1. The van der Waals surface area contributed by atoms with Crippen LogP contribution in [0.1, 0.15) is 39.5 Å². The fourth-order valence-electron chi connectivity index (χ4n) is 1.63. The highest BCUT2D eigenvalue weighted by molar-refractivity contribution is 5.79. The normalized spacial score (nSPS) is 22.4. The zero-order valence-electron chi connectivity index (χ0n) is 7.39. The fourth-order valence-corrected chi connectivity index (χ4v) is 1.63. The quantitative estimate of drug-likeness (QED) is 0.528. The monoisotopic (exact) mass is 152 g/mol. The van der Waals surface area contributed by atoms with E-state index in [-0.39, 0.29) is 0 Å². The van der Waals surface area contributed by atoms with E-state index >= 15 is 0 Å². The van der Waals surface area contributed by atoms with Crippen LogP contribution in [0.5, 0.6) is 0 Å².